The minimum atomic E-state index is -3.85. The fourth-order valence-corrected chi connectivity index (χ4v) is 4.66. The molecule has 2 aromatic carbocycles. The molecule has 1 amide bonds. The lowest BCUT2D eigenvalue weighted by atomic mass is 10.1. The lowest BCUT2D eigenvalue weighted by Crippen LogP contribution is -2.32. The predicted octanol–water partition coefficient (Wildman–Crippen LogP) is 4.13. The van der Waals surface area contributed by atoms with Gasteiger partial charge in [-0.2, -0.15) is 0 Å². The lowest BCUT2D eigenvalue weighted by molar-refractivity contribution is 0.0758. The van der Waals surface area contributed by atoms with Gasteiger partial charge in [0.2, 0.25) is 0 Å². The second-order valence-electron chi connectivity index (χ2n) is 7.49. The minimum Gasteiger partial charge on any atom is -0.496 e. The van der Waals surface area contributed by atoms with Gasteiger partial charge in [0.05, 0.1) is 23.3 Å². The standard InChI is InChI=1S/C22H28N2O4S/c1-16-8-9-17(2)20(14-16)23-29(26,27)18-10-11-21(28-3)19(15-18)22(25)24-12-6-4-5-7-13-24/h8-11,14-15,23H,4-7,12-13H2,1-3H3. The van der Waals surface area contributed by atoms with E-state index in [9.17, 15) is 13.2 Å². The Morgan fingerprint density at radius 2 is 1.69 bits per heavy atom. The molecule has 0 spiro atoms. The Labute approximate surface area is 172 Å². The number of nitrogens with one attached hydrogen (secondary N) is 1. The molecule has 0 saturated carbocycles. The molecule has 1 saturated heterocycles. The fourth-order valence-electron chi connectivity index (χ4n) is 3.51. The van der Waals surface area contributed by atoms with Gasteiger partial charge in [-0.25, -0.2) is 8.42 Å². The van der Waals surface area contributed by atoms with Gasteiger partial charge in [-0.15, -0.1) is 0 Å². The highest BCUT2D eigenvalue weighted by Crippen LogP contribution is 2.27. The Morgan fingerprint density at radius 1 is 1.00 bits per heavy atom. The molecule has 6 nitrogen and oxygen atoms in total. The third kappa shape index (κ3) is 4.90. The van der Waals surface area contributed by atoms with Gasteiger partial charge < -0.3 is 9.64 Å². The highest BCUT2D eigenvalue weighted by molar-refractivity contribution is 7.92. The van der Waals surface area contributed by atoms with Crippen LogP contribution < -0.4 is 9.46 Å². The smallest absolute Gasteiger partial charge is 0.261 e. The fraction of sp³-hybridized carbons (Fsp3) is 0.409. The summed E-state index contributed by atoms with van der Waals surface area (Å²) in [6.07, 6.45) is 4.13. The van der Waals surface area contributed by atoms with Crippen LogP contribution in [0.5, 0.6) is 5.75 Å². The van der Waals surface area contributed by atoms with Gasteiger partial charge in [0.25, 0.3) is 15.9 Å². The van der Waals surface area contributed by atoms with E-state index in [1.54, 1.807) is 17.0 Å². The highest BCUT2D eigenvalue weighted by Gasteiger charge is 2.24. The summed E-state index contributed by atoms with van der Waals surface area (Å²) in [5.41, 5.74) is 2.59. The first-order chi connectivity index (χ1) is 13.8. The number of carbonyl (C=O) groups is 1. The number of hydrogen-bond donors (Lipinski definition) is 1. The highest BCUT2D eigenvalue weighted by atomic mass is 32.2. The van der Waals surface area contributed by atoms with Gasteiger partial charge in [-0.1, -0.05) is 25.0 Å². The van der Waals surface area contributed by atoms with E-state index in [0.29, 0.717) is 24.5 Å². The van der Waals surface area contributed by atoms with Crippen LogP contribution in [0.2, 0.25) is 0 Å². The van der Waals surface area contributed by atoms with Crippen molar-refractivity contribution in [2.45, 2.75) is 44.4 Å². The Balaban J connectivity index is 1.94. The molecule has 1 N–H and O–H groups in total. The van der Waals surface area contributed by atoms with Crippen molar-refractivity contribution in [3.05, 3.63) is 53.1 Å². The van der Waals surface area contributed by atoms with Crippen LogP contribution in [0.3, 0.4) is 0 Å². The summed E-state index contributed by atoms with van der Waals surface area (Å²) in [7, 11) is -2.36. The van der Waals surface area contributed by atoms with Crippen LogP contribution in [0.25, 0.3) is 0 Å². The topological polar surface area (TPSA) is 75.7 Å². The van der Waals surface area contributed by atoms with E-state index in [2.05, 4.69) is 4.72 Å². The van der Waals surface area contributed by atoms with Crippen LogP contribution in [-0.2, 0) is 10.0 Å². The van der Waals surface area contributed by atoms with E-state index in [0.717, 1.165) is 36.8 Å². The monoisotopic (exact) mass is 416 g/mol. The molecule has 7 heteroatoms. The number of amides is 1. The molecule has 0 unspecified atom stereocenters. The van der Waals surface area contributed by atoms with Gasteiger partial charge in [0.15, 0.2) is 0 Å². The Kier molecular flexibility index (Phi) is 6.47. The second kappa shape index (κ2) is 8.86. The number of anilines is 1. The number of aryl methyl sites for hydroxylation is 2. The first kappa shape index (κ1) is 21.2. The van der Waals surface area contributed by atoms with Gasteiger partial charge in [-0.05, 0) is 62.1 Å². The van der Waals surface area contributed by atoms with Gasteiger partial charge in [0, 0.05) is 13.1 Å². The Bertz CT molecular complexity index is 994. The number of benzene rings is 2. The first-order valence-electron chi connectivity index (χ1n) is 9.89. The van der Waals surface area contributed by atoms with E-state index in [-0.39, 0.29) is 16.4 Å². The first-order valence-corrected chi connectivity index (χ1v) is 11.4. The summed E-state index contributed by atoms with van der Waals surface area (Å²) in [4.78, 5) is 14.9. The number of sulfonamides is 1. The molecule has 0 aliphatic carbocycles. The summed E-state index contributed by atoms with van der Waals surface area (Å²) >= 11 is 0. The second-order valence-corrected chi connectivity index (χ2v) is 9.17. The van der Waals surface area contributed by atoms with Crippen LogP contribution >= 0.6 is 0 Å². The van der Waals surface area contributed by atoms with E-state index < -0.39 is 10.0 Å². The molecule has 1 aliphatic rings. The van der Waals surface area contributed by atoms with E-state index in [1.165, 1.54) is 19.2 Å². The molecular formula is C22H28N2O4S. The maximum Gasteiger partial charge on any atom is 0.261 e. The minimum absolute atomic E-state index is 0.0392. The third-order valence-electron chi connectivity index (χ3n) is 5.24. The van der Waals surface area contributed by atoms with E-state index in [1.807, 2.05) is 26.0 Å². The SMILES string of the molecule is COc1ccc(S(=O)(=O)Nc2cc(C)ccc2C)cc1C(=O)N1CCCCCC1. The molecule has 0 radical (unpaired) electrons. The van der Waals surface area contributed by atoms with Crippen molar-refractivity contribution in [1.29, 1.82) is 0 Å². The Hall–Kier alpha value is -2.54. The molecule has 1 heterocycles. The van der Waals surface area contributed by atoms with Crippen molar-refractivity contribution >= 4 is 21.6 Å². The van der Waals surface area contributed by atoms with Gasteiger partial charge >= 0.3 is 0 Å². The average Bonchev–Trinajstić information content (AvgIpc) is 2.99. The molecule has 156 valence electrons. The molecular weight excluding hydrogens is 388 g/mol. The summed E-state index contributed by atoms with van der Waals surface area (Å²) in [5, 5.41) is 0. The number of ether oxygens (including phenoxy) is 1. The van der Waals surface area contributed by atoms with Gasteiger partial charge in [0.1, 0.15) is 5.75 Å². The number of carbonyl (C=O) groups excluding carboxylic acids is 1. The lowest BCUT2D eigenvalue weighted by Gasteiger charge is -2.22. The number of hydrogen-bond acceptors (Lipinski definition) is 4. The van der Waals surface area contributed by atoms with Crippen LogP contribution in [0.4, 0.5) is 5.69 Å². The largest absolute Gasteiger partial charge is 0.496 e. The molecule has 29 heavy (non-hydrogen) atoms. The molecule has 0 aromatic heterocycles. The van der Waals surface area contributed by atoms with Crippen molar-refractivity contribution in [2.24, 2.45) is 0 Å². The summed E-state index contributed by atoms with van der Waals surface area (Å²) in [5.74, 6) is 0.192. The zero-order valence-corrected chi connectivity index (χ0v) is 18.0. The zero-order chi connectivity index (χ0) is 21.0. The number of rotatable bonds is 5. The van der Waals surface area contributed by atoms with Crippen LogP contribution in [0.15, 0.2) is 41.3 Å². The van der Waals surface area contributed by atoms with Crippen LogP contribution in [-0.4, -0.2) is 39.4 Å². The maximum atomic E-state index is 13.1. The Morgan fingerprint density at radius 3 is 2.34 bits per heavy atom. The van der Waals surface area contributed by atoms with Crippen molar-refractivity contribution in [2.75, 3.05) is 24.9 Å². The van der Waals surface area contributed by atoms with E-state index >= 15 is 0 Å². The summed E-state index contributed by atoms with van der Waals surface area (Å²) in [6, 6.07) is 10.0. The molecule has 0 atom stereocenters. The number of likely N-dealkylation sites (tertiary alicyclic amines) is 1. The molecule has 1 fully saturated rings. The van der Waals surface area contributed by atoms with Crippen molar-refractivity contribution in [3.63, 3.8) is 0 Å². The number of nitrogens with zero attached hydrogens (tertiary/aromatic N) is 1. The van der Waals surface area contributed by atoms with Crippen LogP contribution in [0, 0.1) is 13.8 Å². The summed E-state index contributed by atoms with van der Waals surface area (Å²) in [6.45, 7) is 5.11. The predicted molar refractivity (Wildman–Crippen MR) is 114 cm³/mol. The van der Waals surface area contributed by atoms with Crippen molar-refractivity contribution < 1.29 is 17.9 Å². The molecule has 3 rings (SSSR count). The quantitative estimate of drug-likeness (QED) is 0.795. The third-order valence-corrected chi connectivity index (χ3v) is 6.61. The van der Waals surface area contributed by atoms with E-state index in [4.69, 9.17) is 4.74 Å². The number of methoxy groups -OCH3 is 1. The average molecular weight is 417 g/mol. The maximum absolute atomic E-state index is 13.1. The summed E-state index contributed by atoms with van der Waals surface area (Å²) < 4.78 is 34.0. The van der Waals surface area contributed by atoms with Crippen molar-refractivity contribution in [3.8, 4) is 5.75 Å². The zero-order valence-electron chi connectivity index (χ0n) is 17.2. The molecule has 1 aliphatic heterocycles. The normalized spacial score (nSPS) is 14.9. The molecule has 0 bridgehead atoms. The van der Waals surface area contributed by atoms with Gasteiger partial charge in [-0.3, -0.25) is 9.52 Å². The van der Waals surface area contributed by atoms with Crippen molar-refractivity contribution in [1.82, 2.24) is 4.90 Å². The van der Waals surface area contributed by atoms with Crippen LogP contribution in [0.1, 0.15) is 47.2 Å². The molecule has 2 aromatic rings.